The summed E-state index contributed by atoms with van der Waals surface area (Å²) in [5.74, 6) is -0.301. The molecule has 1 aromatic carbocycles. The van der Waals surface area contributed by atoms with E-state index in [9.17, 15) is 14.9 Å². The Balaban J connectivity index is 3.54. The van der Waals surface area contributed by atoms with Crippen LogP contribution >= 0.6 is 0 Å². The Labute approximate surface area is 127 Å². The number of nitro groups is 1. The average Bonchev–Trinajstić information content (AvgIpc) is 2.50. The number of hydrogen-bond donors (Lipinski definition) is 0. The number of hydrogen-bond acceptors (Lipinski definition) is 6. The summed E-state index contributed by atoms with van der Waals surface area (Å²) in [7, 11) is 2.75. The minimum Gasteiger partial charge on any atom is -0.493 e. The van der Waals surface area contributed by atoms with E-state index in [0.29, 0.717) is 0 Å². The second-order valence-corrected chi connectivity index (χ2v) is 4.71. The summed E-state index contributed by atoms with van der Waals surface area (Å²) in [6.45, 7) is 3.30. The molecule has 0 N–H and O–H groups in total. The van der Waals surface area contributed by atoms with Crippen LogP contribution in [0.2, 0.25) is 0 Å². The van der Waals surface area contributed by atoms with Crippen molar-refractivity contribution in [2.75, 3.05) is 14.2 Å². The first-order valence-corrected chi connectivity index (χ1v) is 6.42. The Morgan fingerprint density at radius 3 is 2.27 bits per heavy atom. The van der Waals surface area contributed by atoms with E-state index in [1.807, 2.05) is 0 Å². The van der Waals surface area contributed by atoms with E-state index in [1.165, 1.54) is 32.4 Å². The van der Waals surface area contributed by atoms with Crippen LogP contribution in [0.5, 0.6) is 11.5 Å². The van der Waals surface area contributed by atoms with Crippen molar-refractivity contribution in [2.24, 2.45) is 5.92 Å². The Morgan fingerprint density at radius 2 is 1.86 bits per heavy atom. The van der Waals surface area contributed by atoms with Crippen molar-refractivity contribution in [3.05, 3.63) is 33.4 Å². The average molecular weight is 304 g/mol. The van der Waals surface area contributed by atoms with Gasteiger partial charge >= 0.3 is 0 Å². The molecule has 0 heterocycles. The van der Waals surface area contributed by atoms with Gasteiger partial charge in [-0.3, -0.25) is 14.9 Å². The fraction of sp³-hybridized carbons (Fsp3) is 0.333. The molecule has 0 spiro atoms. The van der Waals surface area contributed by atoms with Gasteiger partial charge < -0.3 is 9.47 Å². The molecule has 0 bridgehead atoms. The number of nitro benzene ring substituents is 1. The molecule has 0 atom stereocenters. The second kappa shape index (κ2) is 7.22. The van der Waals surface area contributed by atoms with Gasteiger partial charge in [-0.1, -0.05) is 13.8 Å². The van der Waals surface area contributed by atoms with Gasteiger partial charge in [-0.15, -0.1) is 0 Å². The van der Waals surface area contributed by atoms with Crippen molar-refractivity contribution in [3.63, 3.8) is 0 Å². The molecular formula is C15H16N2O5. The van der Waals surface area contributed by atoms with Crippen LogP contribution in [0.3, 0.4) is 0 Å². The van der Waals surface area contributed by atoms with Crippen LogP contribution in [0, 0.1) is 27.4 Å². The molecule has 0 aromatic heterocycles. The number of allylic oxidation sites excluding steroid dienone is 1. The Morgan fingerprint density at radius 1 is 1.32 bits per heavy atom. The predicted molar refractivity (Wildman–Crippen MR) is 79.6 cm³/mol. The van der Waals surface area contributed by atoms with Crippen LogP contribution in [-0.4, -0.2) is 24.9 Å². The van der Waals surface area contributed by atoms with Crippen LogP contribution in [0.1, 0.15) is 19.4 Å². The van der Waals surface area contributed by atoms with E-state index in [0.717, 1.165) is 0 Å². The molecule has 0 aliphatic carbocycles. The number of nitriles is 1. The Kier molecular flexibility index (Phi) is 5.64. The lowest BCUT2D eigenvalue weighted by molar-refractivity contribution is -0.385. The maximum atomic E-state index is 11.9. The highest BCUT2D eigenvalue weighted by Gasteiger charge is 2.21. The zero-order chi connectivity index (χ0) is 16.9. The summed E-state index contributed by atoms with van der Waals surface area (Å²) in [5.41, 5.74) is -0.319. The molecule has 0 amide bonds. The summed E-state index contributed by atoms with van der Waals surface area (Å²) >= 11 is 0. The van der Waals surface area contributed by atoms with Crippen molar-refractivity contribution in [3.8, 4) is 17.6 Å². The van der Waals surface area contributed by atoms with E-state index in [1.54, 1.807) is 19.9 Å². The topological polar surface area (TPSA) is 102 Å². The number of nitrogens with zero attached hydrogens (tertiary/aromatic N) is 2. The van der Waals surface area contributed by atoms with E-state index < -0.39 is 4.92 Å². The largest absolute Gasteiger partial charge is 0.493 e. The molecule has 7 heteroatoms. The summed E-state index contributed by atoms with van der Waals surface area (Å²) in [6, 6.07) is 4.34. The van der Waals surface area contributed by atoms with Crippen molar-refractivity contribution >= 4 is 17.5 Å². The van der Waals surface area contributed by atoms with Gasteiger partial charge in [0.05, 0.1) is 36.3 Å². The standard InChI is InChI=1S/C15H16N2O5/c1-9(2)15(18)11(8-16)5-10-6-13(21-3)14(22-4)7-12(10)17(19)20/h5-7,9H,1-4H3. The quantitative estimate of drug-likeness (QED) is 0.346. The van der Waals surface area contributed by atoms with Gasteiger partial charge in [0.25, 0.3) is 5.69 Å². The summed E-state index contributed by atoms with van der Waals surface area (Å²) < 4.78 is 10.1. The highest BCUT2D eigenvalue weighted by Crippen LogP contribution is 2.35. The van der Waals surface area contributed by atoms with Crippen LogP contribution < -0.4 is 9.47 Å². The number of benzene rings is 1. The highest BCUT2D eigenvalue weighted by molar-refractivity contribution is 6.04. The smallest absolute Gasteiger partial charge is 0.280 e. The van der Waals surface area contributed by atoms with Crippen LogP contribution in [0.4, 0.5) is 5.69 Å². The van der Waals surface area contributed by atoms with Gasteiger partial charge in [0, 0.05) is 5.92 Å². The molecule has 1 aromatic rings. The van der Waals surface area contributed by atoms with E-state index in [2.05, 4.69) is 0 Å². The Hall–Kier alpha value is -2.88. The molecule has 0 saturated carbocycles. The van der Waals surface area contributed by atoms with Crippen LogP contribution in [-0.2, 0) is 4.79 Å². The second-order valence-electron chi connectivity index (χ2n) is 4.71. The first kappa shape index (κ1) is 17.2. The molecule has 0 saturated heterocycles. The predicted octanol–water partition coefficient (Wildman–Crippen LogP) is 2.74. The minimum atomic E-state index is -0.608. The van der Waals surface area contributed by atoms with Crippen LogP contribution in [0.15, 0.2) is 17.7 Å². The lowest BCUT2D eigenvalue weighted by atomic mass is 9.99. The zero-order valence-electron chi connectivity index (χ0n) is 12.7. The monoisotopic (exact) mass is 304 g/mol. The van der Waals surface area contributed by atoms with Gasteiger partial charge in [-0.2, -0.15) is 5.26 Å². The van der Waals surface area contributed by atoms with Crippen molar-refractivity contribution in [2.45, 2.75) is 13.8 Å². The van der Waals surface area contributed by atoms with Gasteiger partial charge in [-0.25, -0.2) is 0 Å². The lowest BCUT2D eigenvalue weighted by Gasteiger charge is -2.09. The number of rotatable bonds is 6. The van der Waals surface area contributed by atoms with Crippen molar-refractivity contribution in [1.82, 2.24) is 0 Å². The molecule has 1 rings (SSSR count). The van der Waals surface area contributed by atoms with Crippen molar-refractivity contribution in [1.29, 1.82) is 5.26 Å². The molecule has 0 unspecified atom stereocenters. The molecule has 0 aliphatic heterocycles. The third-order valence-corrected chi connectivity index (χ3v) is 2.94. The van der Waals surface area contributed by atoms with Gasteiger partial charge in [0.2, 0.25) is 0 Å². The molecule has 0 fully saturated rings. The molecule has 0 aliphatic rings. The fourth-order valence-electron chi connectivity index (χ4n) is 1.78. The van der Waals surface area contributed by atoms with Gasteiger partial charge in [0.1, 0.15) is 6.07 Å². The SMILES string of the molecule is COc1cc(C=C(C#N)C(=O)C(C)C)c([N+](=O)[O-])cc1OC. The summed E-state index contributed by atoms with van der Waals surface area (Å²) in [6.07, 6.45) is 1.20. The molecule has 22 heavy (non-hydrogen) atoms. The fourth-order valence-corrected chi connectivity index (χ4v) is 1.78. The number of ether oxygens (including phenoxy) is 2. The third-order valence-electron chi connectivity index (χ3n) is 2.94. The van der Waals surface area contributed by atoms with Crippen LogP contribution in [0.25, 0.3) is 6.08 Å². The number of ketones is 1. The van der Waals surface area contributed by atoms with E-state index in [-0.39, 0.29) is 40.0 Å². The van der Waals surface area contributed by atoms with E-state index >= 15 is 0 Å². The number of Topliss-reactive ketones (excluding diaryl/α,β-unsaturated/α-hetero) is 1. The first-order chi connectivity index (χ1) is 10.3. The summed E-state index contributed by atoms with van der Waals surface area (Å²) in [5, 5.41) is 20.3. The number of methoxy groups -OCH3 is 2. The zero-order valence-corrected chi connectivity index (χ0v) is 12.7. The van der Waals surface area contributed by atoms with Gasteiger partial charge in [0.15, 0.2) is 17.3 Å². The normalized spacial score (nSPS) is 11.0. The van der Waals surface area contributed by atoms with Gasteiger partial charge in [-0.05, 0) is 12.1 Å². The highest BCUT2D eigenvalue weighted by atomic mass is 16.6. The minimum absolute atomic E-state index is 0.105. The summed E-state index contributed by atoms with van der Waals surface area (Å²) in [4.78, 5) is 22.5. The first-order valence-electron chi connectivity index (χ1n) is 6.42. The van der Waals surface area contributed by atoms with Crippen molar-refractivity contribution < 1.29 is 19.2 Å². The molecule has 0 radical (unpaired) electrons. The third kappa shape index (κ3) is 3.61. The maximum absolute atomic E-state index is 11.9. The molecular weight excluding hydrogens is 288 g/mol. The maximum Gasteiger partial charge on any atom is 0.280 e. The molecule has 116 valence electrons. The lowest BCUT2D eigenvalue weighted by Crippen LogP contribution is -2.09. The molecule has 7 nitrogen and oxygen atoms in total. The number of carbonyl (C=O) groups is 1. The Bertz CT molecular complexity index is 671. The van der Waals surface area contributed by atoms with E-state index in [4.69, 9.17) is 14.7 Å². The number of carbonyl (C=O) groups excluding carboxylic acids is 1.